The number of rotatable bonds is 3. The molecule has 1 aromatic carbocycles. The number of carbonyl (C=O) groups is 1. The molecule has 32 heavy (non-hydrogen) atoms. The van der Waals surface area contributed by atoms with Crippen LogP contribution >= 0.6 is 0 Å². The number of nitriles is 1. The van der Waals surface area contributed by atoms with Gasteiger partial charge in [0.05, 0.1) is 29.7 Å². The van der Waals surface area contributed by atoms with Gasteiger partial charge in [0.2, 0.25) is 0 Å². The summed E-state index contributed by atoms with van der Waals surface area (Å²) in [5.74, 6) is -1.98. The van der Waals surface area contributed by atoms with Crippen molar-refractivity contribution in [2.75, 3.05) is 25.5 Å². The summed E-state index contributed by atoms with van der Waals surface area (Å²) in [6.45, 7) is 4.71. The first kappa shape index (κ1) is 22.2. The molecule has 0 aliphatic carbocycles. The van der Waals surface area contributed by atoms with Crippen LogP contribution in [0.5, 0.6) is 0 Å². The minimum absolute atomic E-state index is 0.0720. The number of anilines is 1. The van der Waals surface area contributed by atoms with Gasteiger partial charge in [0.25, 0.3) is 0 Å². The molecule has 2 atom stereocenters. The quantitative estimate of drug-likeness (QED) is 0.758. The van der Waals surface area contributed by atoms with Gasteiger partial charge in [-0.2, -0.15) is 10.4 Å². The van der Waals surface area contributed by atoms with Crippen molar-refractivity contribution in [2.45, 2.75) is 45.5 Å². The zero-order valence-corrected chi connectivity index (χ0v) is 18.1. The maximum atomic E-state index is 14.4. The highest BCUT2D eigenvalue weighted by Crippen LogP contribution is 2.28. The summed E-state index contributed by atoms with van der Waals surface area (Å²) in [5, 5.41) is 26.5. The predicted molar refractivity (Wildman–Crippen MR) is 113 cm³/mol. The van der Waals surface area contributed by atoms with Gasteiger partial charge >= 0.3 is 6.03 Å². The number of benzene rings is 1. The van der Waals surface area contributed by atoms with E-state index >= 15 is 0 Å². The minimum Gasteiger partial charge on any atom is -0.393 e. The molecule has 10 heteroatoms. The summed E-state index contributed by atoms with van der Waals surface area (Å²) >= 11 is 0. The number of urea groups is 1. The van der Waals surface area contributed by atoms with Crippen molar-refractivity contribution in [3.8, 4) is 6.07 Å². The van der Waals surface area contributed by atoms with Crippen LogP contribution in [0, 0.1) is 28.9 Å². The molecule has 0 saturated heterocycles. The van der Waals surface area contributed by atoms with Gasteiger partial charge in [-0.25, -0.2) is 13.6 Å². The zero-order chi connectivity index (χ0) is 23.0. The lowest BCUT2D eigenvalue weighted by Crippen LogP contribution is -2.39. The molecule has 0 radical (unpaired) electrons. The Morgan fingerprint density at radius 2 is 2.16 bits per heavy atom. The van der Waals surface area contributed by atoms with Crippen molar-refractivity contribution in [2.24, 2.45) is 5.92 Å². The Hall–Kier alpha value is -3.03. The molecule has 2 aliphatic heterocycles. The fraction of sp³-hybridized carbons (Fsp3) is 0.500. The van der Waals surface area contributed by atoms with E-state index in [9.17, 15) is 18.7 Å². The van der Waals surface area contributed by atoms with E-state index in [1.165, 1.54) is 6.07 Å². The maximum absolute atomic E-state index is 14.4. The van der Waals surface area contributed by atoms with Crippen molar-refractivity contribution < 1.29 is 18.7 Å². The lowest BCUT2D eigenvalue weighted by molar-refractivity contribution is 0.0758. The summed E-state index contributed by atoms with van der Waals surface area (Å²) in [7, 11) is 2.00. The number of halogens is 2. The molecular formula is C22H26F2N6O2. The Balaban J connectivity index is 1.54. The zero-order valence-electron chi connectivity index (χ0n) is 18.1. The smallest absolute Gasteiger partial charge is 0.322 e. The van der Waals surface area contributed by atoms with Crippen LogP contribution in [0.4, 0.5) is 19.3 Å². The van der Waals surface area contributed by atoms with E-state index in [0.717, 1.165) is 35.6 Å². The van der Waals surface area contributed by atoms with Crippen LogP contribution in [0.25, 0.3) is 0 Å². The second-order valence-electron chi connectivity index (χ2n) is 8.48. The highest BCUT2D eigenvalue weighted by Gasteiger charge is 2.32. The van der Waals surface area contributed by atoms with Gasteiger partial charge in [0, 0.05) is 44.1 Å². The number of nitrogens with zero attached hydrogens (tertiary/aromatic N) is 5. The van der Waals surface area contributed by atoms with Crippen LogP contribution in [0.1, 0.15) is 35.9 Å². The van der Waals surface area contributed by atoms with Crippen molar-refractivity contribution in [3.63, 3.8) is 0 Å². The van der Waals surface area contributed by atoms with Gasteiger partial charge in [-0.1, -0.05) is 6.92 Å². The van der Waals surface area contributed by atoms with Crippen LogP contribution in [-0.4, -0.2) is 57.0 Å². The van der Waals surface area contributed by atoms with Gasteiger partial charge in [-0.3, -0.25) is 4.68 Å². The summed E-state index contributed by atoms with van der Waals surface area (Å²) < 4.78 is 29.9. The standard InChI is InChI=1S/C22H26F2N6O2/c1-3-20(31)13-9-28(2)12-19-15-11-29(7-6-17(15)27-30(19)10-13)22(32)26-18-5-4-16(23)14(8-25)21(18)24/h4-5,13,20,31H,3,6-7,9-12H2,1-2H3,(H,26,32)/t13?,20-/m0/s1. The molecule has 8 nitrogen and oxygen atoms in total. The van der Waals surface area contributed by atoms with E-state index in [0.29, 0.717) is 39.0 Å². The Morgan fingerprint density at radius 3 is 2.88 bits per heavy atom. The number of hydrogen-bond donors (Lipinski definition) is 2. The van der Waals surface area contributed by atoms with Crippen LogP contribution in [0.2, 0.25) is 0 Å². The largest absolute Gasteiger partial charge is 0.393 e. The Labute approximate surface area is 185 Å². The van der Waals surface area contributed by atoms with Crippen LogP contribution in [0.15, 0.2) is 12.1 Å². The Bertz CT molecular complexity index is 1080. The van der Waals surface area contributed by atoms with E-state index in [4.69, 9.17) is 10.4 Å². The average molecular weight is 444 g/mol. The normalized spacial score (nSPS) is 19.5. The molecule has 2 N–H and O–H groups in total. The van der Waals surface area contributed by atoms with Crippen LogP contribution in [-0.2, 0) is 26.1 Å². The molecule has 1 aromatic heterocycles. The molecule has 0 spiro atoms. The molecule has 3 heterocycles. The second-order valence-corrected chi connectivity index (χ2v) is 8.48. The maximum Gasteiger partial charge on any atom is 0.322 e. The lowest BCUT2D eigenvalue weighted by atomic mass is 10.0. The van der Waals surface area contributed by atoms with Gasteiger partial charge in [-0.15, -0.1) is 0 Å². The summed E-state index contributed by atoms with van der Waals surface area (Å²) in [6.07, 6.45) is 0.829. The number of hydrogen-bond acceptors (Lipinski definition) is 5. The predicted octanol–water partition coefficient (Wildman–Crippen LogP) is 2.46. The fourth-order valence-corrected chi connectivity index (χ4v) is 4.51. The number of carbonyl (C=O) groups excluding carboxylic acids is 1. The van der Waals surface area contributed by atoms with Crippen molar-refractivity contribution in [3.05, 3.63) is 46.3 Å². The number of nitrogens with one attached hydrogen (secondary N) is 1. The molecule has 2 amide bonds. The van der Waals surface area contributed by atoms with E-state index in [1.54, 1.807) is 4.90 Å². The molecular weight excluding hydrogens is 418 g/mol. The monoisotopic (exact) mass is 444 g/mol. The third kappa shape index (κ3) is 4.06. The first-order valence-corrected chi connectivity index (χ1v) is 10.7. The van der Waals surface area contributed by atoms with Gasteiger partial charge in [-0.05, 0) is 25.6 Å². The molecule has 0 bridgehead atoms. The lowest BCUT2D eigenvalue weighted by Gasteiger charge is -2.28. The molecule has 4 rings (SSSR count). The average Bonchev–Trinajstić information content (AvgIpc) is 3.01. The van der Waals surface area contributed by atoms with E-state index < -0.39 is 29.3 Å². The van der Waals surface area contributed by atoms with Gasteiger partial charge in [0.1, 0.15) is 17.4 Å². The number of fused-ring (bicyclic) bond motifs is 3. The highest BCUT2D eigenvalue weighted by molar-refractivity contribution is 5.89. The minimum atomic E-state index is -1.08. The Morgan fingerprint density at radius 1 is 1.38 bits per heavy atom. The molecule has 0 saturated carbocycles. The Kier molecular flexibility index (Phi) is 6.13. The molecule has 170 valence electrons. The van der Waals surface area contributed by atoms with Crippen molar-refractivity contribution in [1.82, 2.24) is 19.6 Å². The van der Waals surface area contributed by atoms with Crippen molar-refractivity contribution in [1.29, 1.82) is 5.26 Å². The first-order chi connectivity index (χ1) is 15.3. The number of aliphatic hydroxyl groups is 1. The summed E-state index contributed by atoms with van der Waals surface area (Å²) in [4.78, 5) is 16.5. The molecule has 2 aliphatic rings. The van der Waals surface area contributed by atoms with E-state index in [1.807, 2.05) is 18.7 Å². The number of aliphatic hydroxyl groups excluding tert-OH is 1. The fourth-order valence-electron chi connectivity index (χ4n) is 4.51. The van der Waals surface area contributed by atoms with Gasteiger partial charge in [0.15, 0.2) is 5.82 Å². The number of amides is 2. The SMILES string of the molecule is CC[C@H](O)C1CN(C)Cc2c3c(nn2C1)CCN(C(=O)Nc1ccc(F)c(C#N)c1F)C3. The molecule has 2 aromatic rings. The summed E-state index contributed by atoms with van der Waals surface area (Å²) in [5.41, 5.74) is 1.97. The van der Waals surface area contributed by atoms with E-state index in [-0.39, 0.29) is 11.6 Å². The van der Waals surface area contributed by atoms with Crippen molar-refractivity contribution >= 4 is 11.7 Å². The van der Waals surface area contributed by atoms with Crippen LogP contribution < -0.4 is 5.32 Å². The molecule has 0 fully saturated rings. The highest BCUT2D eigenvalue weighted by atomic mass is 19.1. The van der Waals surface area contributed by atoms with E-state index in [2.05, 4.69) is 10.2 Å². The van der Waals surface area contributed by atoms with Crippen LogP contribution in [0.3, 0.4) is 0 Å². The summed E-state index contributed by atoms with van der Waals surface area (Å²) in [6, 6.07) is 3.02. The first-order valence-electron chi connectivity index (χ1n) is 10.7. The third-order valence-electron chi connectivity index (χ3n) is 6.28. The van der Waals surface area contributed by atoms with Gasteiger partial charge < -0.3 is 20.2 Å². The number of aromatic nitrogens is 2. The molecule has 1 unspecified atom stereocenters. The third-order valence-corrected chi connectivity index (χ3v) is 6.28. The second kappa shape index (κ2) is 8.84. The topological polar surface area (TPSA) is 97.4 Å².